The Morgan fingerprint density at radius 1 is 1.29 bits per heavy atom. The highest BCUT2D eigenvalue weighted by Crippen LogP contribution is 2.29. The molecule has 17 heavy (non-hydrogen) atoms. The molecule has 0 radical (unpaired) electrons. The van der Waals surface area contributed by atoms with E-state index in [-0.39, 0.29) is 0 Å². The van der Waals surface area contributed by atoms with Gasteiger partial charge in [-0.2, -0.15) is 0 Å². The molecule has 1 heteroatoms. The molecule has 1 rings (SSSR count). The van der Waals surface area contributed by atoms with Crippen molar-refractivity contribution in [2.75, 3.05) is 5.75 Å². The number of hydrogen-bond donors (Lipinski definition) is 0. The van der Waals surface area contributed by atoms with Gasteiger partial charge in [0.15, 0.2) is 0 Å². The van der Waals surface area contributed by atoms with E-state index >= 15 is 0 Å². The minimum absolute atomic E-state index is 0.810. The summed E-state index contributed by atoms with van der Waals surface area (Å²) in [4.78, 5) is 1.21. The van der Waals surface area contributed by atoms with Crippen molar-refractivity contribution in [1.82, 2.24) is 0 Å². The molecule has 0 unspecified atom stereocenters. The van der Waals surface area contributed by atoms with Crippen molar-refractivity contribution in [3.8, 4) is 0 Å². The van der Waals surface area contributed by atoms with Crippen molar-refractivity contribution in [3.05, 3.63) is 41.5 Å². The van der Waals surface area contributed by atoms with Crippen LogP contribution in [0.4, 0.5) is 0 Å². The van der Waals surface area contributed by atoms with E-state index in [0.717, 1.165) is 5.92 Å². The van der Waals surface area contributed by atoms with E-state index < -0.39 is 0 Å². The first kappa shape index (κ1) is 14.4. The Hall–Kier alpha value is -0.690. The van der Waals surface area contributed by atoms with E-state index in [1.54, 1.807) is 0 Å². The van der Waals surface area contributed by atoms with E-state index in [1.807, 2.05) is 11.8 Å². The molecule has 0 aliphatic carbocycles. The molecule has 0 aliphatic rings. The van der Waals surface area contributed by atoms with Gasteiger partial charge < -0.3 is 0 Å². The molecule has 94 valence electrons. The maximum atomic E-state index is 4.20. The van der Waals surface area contributed by atoms with E-state index in [4.69, 9.17) is 0 Å². The third kappa shape index (κ3) is 4.99. The molecular weight excluding hydrogens is 224 g/mol. The second-order valence-electron chi connectivity index (χ2n) is 5.13. The Morgan fingerprint density at radius 2 is 2.00 bits per heavy atom. The molecule has 0 spiro atoms. The Kier molecular flexibility index (Phi) is 5.84. The van der Waals surface area contributed by atoms with Gasteiger partial charge in [-0.1, -0.05) is 50.6 Å². The Morgan fingerprint density at radius 3 is 2.59 bits per heavy atom. The molecule has 0 fully saturated rings. The second-order valence-corrected chi connectivity index (χ2v) is 6.32. The molecule has 0 bridgehead atoms. The topological polar surface area (TPSA) is 0 Å². The van der Waals surface area contributed by atoms with Crippen LogP contribution >= 0.6 is 11.8 Å². The third-order valence-electron chi connectivity index (χ3n) is 2.88. The molecule has 0 nitrogen and oxygen atoms in total. The molecule has 0 aliphatic heterocycles. The first-order valence-corrected chi connectivity index (χ1v) is 7.38. The quantitative estimate of drug-likeness (QED) is 0.604. The van der Waals surface area contributed by atoms with Gasteiger partial charge in [0, 0.05) is 4.91 Å². The lowest BCUT2D eigenvalue weighted by Crippen LogP contribution is -1.90. The summed E-state index contributed by atoms with van der Waals surface area (Å²) < 4.78 is 0. The van der Waals surface area contributed by atoms with Crippen molar-refractivity contribution in [2.45, 2.75) is 40.5 Å². The van der Waals surface area contributed by atoms with E-state index in [9.17, 15) is 0 Å². The van der Waals surface area contributed by atoms with Gasteiger partial charge in [0.25, 0.3) is 0 Å². The molecule has 0 saturated heterocycles. The van der Waals surface area contributed by atoms with Crippen LogP contribution in [0.25, 0.3) is 4.91 Å². The molecule has 0 heterocycles. The van der Waals surface area contributed by atoms with Crippen molar-refractivity contribution in [2.24, 2.45) is 5.92 Å². The van der Waals surface area contributed by atoms with Gasteiger partial charge in [0.1, 0.15) is 0 Å². The lowest BCUT2D eigenvalue weighted by atomic mass is 10.1. The molecular formula is C16H24S. The maximum absolute atomic E-state index is 4.20. The lowest BCUT2D eigenvalue weighted by molar-refractivity contribution is 0.579. The molecule has 1 aromatic carbocycles. The van der Waals surface area contributed by atoms with E-state index in [1.165, 1.54) is 40.2 Å². The second kappa shape index (κ2) is 6.90. The largest absolute Gasteiger partial charge is 0.126 e. The normalized spacial score (nSPS) is 10.9. The SMILES string of the molecule is C=C(SCCCC(C)C)c1ccc(C)cc1C. The van der Waals surface area contributed by atoms with Gasteiger partial charge >= 0.3 is 0 Å². The minimum Gasteiger partial charge on any atom is -0.126 e. The lowest BCUT2D eigenvalue weighted by Gasteiger charge is -2.10. The van der Waals surface area contributed by atoms with Gasteiger partial charge in [0.2, 0.25) is 0 Å². The van der Waals surface area contributed by atoms with Crippen molar-refractivity contribution < 1.29 is 0 Å². The number of rotatable bonds is 6. The Balaban J connectivity index is 2.47. The average molecular weight is 248 g/mol. The predicted molar refractivity (Wildman–Crippen MR) is 81.5 cm³/mol. The highest BCUT2D eigenvalue weighted by atomic mass is 32.2. The van der Waals surface area contributed by atoms with E-state index in [2.05, 4.69) is 52.5 Å². The molecule has 0 N–H and O–H groups in total. The summed E-state index contributed by atoms with van der Waals surface area (Å²) >= 11 is 1.90. The van der Waals surface area contributed by atoms with Crippen LogP contribution in [-0.4, -0.2) is 5.75 Å². The number of benzene rings is 1. The van der Waals surface area contributed by atoms with Crippen LogP contribution in [0.1, 0.15) is 43.4 Å². The summed E-state index contributed by atoms with van der Waals surface area (Å²) in [6, 6.07) is 6.60. The summed E-state index contributed by atoms with van der Waals surface area (Å²) in [6.07, 6.45) is 2.60. The van der Waals surface area contributed by atoms with Crippen LogP contribution in [0.2, 0.25) is 0 Å². The Bertz CT molecular complexity index is 377. The first-order valence-electron chi connectivity index (χ1n) is 6.40. The summed E-state index contributed by atoms with van der Waals surface area (Å²) in [5.74, 6) is 2.00. The smallest absolute Gasteiger partial charge is 0.00752 e. The van der Waals surface area contributed by atoms with Crippen LogP contribution in [0.3, 0.4) is 0 Å². The van der Waals surface area contributed by atoms with E-state index in [0.29, 0.717) is 0 Å². The van der Waals surface area contributed by atoms with Crippen LogP contribution in [0.15, 0.2) is 24.8 Å². The fourth-order valence-electron chi connectivity index (χ4n) is 1.89. The first-order chi connectivity index (χ1) is 8.00. The van der Waals surface area contributed by atoms with Crippen molar-refractivity contribution in [3.63, 3.8) is 0 Å². The van der Waals surface area contributed by atoms with Crippen LogP contribution in [-0.2, 0) is 0 Å². The molecule has 0 atom stereocenters. The van der Waals surface area contributed by atoms with Gasteiger partial charge in [-0.25, -0.2) is 0 Å². The monoisotopic (exact) mass is 248 g/mol. The zero-order chi connectivity index (χ0) is 12.8. The number of aryl methyl sites for hydroxylation is 2. The summed E-state index contributed by atoms with van der Waals surface area (Å²) in [7, 11) is 0. The number of hydrogen-bond acceptors (Lipinski definition) is 1. The standard InChI is InChI=1S/C16H24S/c1-12(2)7-6-10-17-15(5)16-9-8-13(3)11-14(16)4/h8-9,11-12H,5-7,10H2,1-4H3. The Labute approximate surface area is 111 Å². The molecule has 0 saturated carbocycles. The maximum Gasteiger partial charge on any atom is 0.00752 e. The van der Waals surface area contributed by atoms with Crippen LogP contribution in [0, 0.1) is 19.8 Å². The van der Waals surface area contributed by atoms with Crippen molar-refractivity contribution in [1.29, 1.82) is 0 Å². The van der Waals surface area contributed by atoms with Crippen LogP contribution in [0.5, 0.6) is 0 Å². The molecule has 1 aromatic rings. The number of thioether (sulfide) groups is 1. The van der Waals surface area contributed by atoms with Crippen LogP contribution < -0.4 is 0 Å². The van der Waals surface area contributed by atoms with Gasteiger partial charge in [0.05, 0.1) is 0 Å². The molecule has 0 aromatic heterocycles. The minimum atomic E-state index is 0.810. The highest BCUT2D eigenvalue weighted by Gasteiger charge is 2.04. The van der Waals surface area contributed by atoms with Crippen molar-refractivity contribution >= 4 is 16.7 Å². The van der Waals surface area contributed by atoms with Gasteiger partial charge in [-0.3, -0.25) is 0 Å². The fourth-order valence-corrected chi connectivity index (χ4v) is 2.83. The predicted octanol–water partition coefficient (Wildman–Crippen LogP) is 5.44. The molecule has 0 amide bonds. The average Bonchev–Trinajstić information content (AvgIpc) is 2.23. The van der Waals surface area contributed by atoms with Gasteiger partial charge in [-0.15, -0.1) is 11.8 Å². The summed E-state index contributed by atoms with van der Waals surface area (Å²) in [5.41, 5.74) is 3.97. The summed E-state index contributed by atoms with van der Waals surface area (Å²) in [6.45, 7) is 13.1. The highest BCUT2D eigenvalue weighted by molar-refractivity contribution is 8.08. The van der Waals surface area contributed by atoms with Gasteiger partial charge in [-0.05, 0) is 43.1 Å². The fraction of sp³-hybridized carbons (Fsp3) is 0.500. The third-order valence-corrected chi connectivity index (χ3v) is 3.95. The summed E-state index contributed by atoms with van der Waals surface area (Å²) in [5, 5.41) is 0. The zero-order valence-electron chi connectivity index (χ0n) is 11.5. The zero-order valence-corrected chi connectivity index (χ0v) is 12.4.